The lowest BCUT2D eigenvalue weighted by atomic mass is 10.00. The molecular formula is C15H22N2O3. The first-order valence-electron chi connectivity index (χ1n) is 7.77. The number of esters is 1. The van der Waals surface area contributed by atoms with Gasteiger partial charge >= 0.3 is 5.97 Å². The van der Waals surface area contributed by atoms with E-state index >= 15 is 0 Å². The van der Waals surface area contributed by atoms with Crippen LogP contribution in [0.3, 0.4) is 0 Å². The van der Waals surface area contributed by atoms with Gasteiger partial charge in [-0.2, -0.15) is 4.98 Å². The monoisotopic (exact) mass is 278 g/mol. The van der Waals surface area contributed by atoms with E-state index in [0.29, 0.717) is 18.4 Å². The van der Waals surface area contributed by atoms with E-state index in [2.05, 4.69) is 10.1 Å². The molecule has 0 aliphatic heterocycles. The van der Waals surface area contributed by atoms with E-state index in [-0.39, 0.29) is 5.97 Å². The number of carbonyl (C=O) groups is 1. The van der Waals surface area contributed by atoms with Crippen molar-refractivity contribution in [2.24, 2.45) is 0 Å². The van der Waals surface area contributed by atoms with Gasteiger partial charge < -0.3 is 9.26 Å². The number of nitrogens with zero attached hydrogens (tertiary/aromatic N) is 2. The van der Waals surface area contributed by atoms with E-state index in [1.165, 1.54) is 25.7 Å². The van der Waals surface area contributed by atoms with E-state index in [0.717, 1.165) is 31.5 Å². The Balaban J connectivity index is 1.75. The van der Waals surface area contributed by atoms with Crippen molar-refractivity contribution in [1.82, 2.24) is 10.1 Å². The summed E-state index contributed by atoms with van der Waals surface area (Å²) in [5.41, 5.74) is -0.633. The number of hydrogen-bond donors (Lipinski definition) is 0. The van der Waals surface area contributed by atoms with Crippen LogP contribution in [0.5, 0.6) is 0 Å². The van der Waals surface area contributed by atoms with Gasteiger partial charge in [-0.3, -0.25) is 4.79 Å². The quantitative estimate of drug-likeness (QED) is 0.625. The molecule has 1 heterocycles. The van der Waals surface area contributed by atoms with Gasteiger partial charge in [-0.15, -0.1) is 0 Å². The van der Waals surface area contributed by atoms with Gasteiger partial charge in [0.05, 0.1) is 6.61 Å². The van der Waals surface area contributed by atoms with Crippen LogP contribution in [-0.2, 0) is 14.9 Å². The molecule has 2 saturated carbocycles. The summed E-state index contributed by atoms with van der Waals surface area (Å²) in [5.74, 6) is 1.44. The Bertz CT molecular complexity index is 471. The van der Waals surface area contributed by atoms with Crippen LogP contribution in [-0.4, -0.2) is 22.7 Å². The second-order valence-corrected chi connectivity index (χ2v) is 5.95. The average molecular weight is 278 g/mol. The largest absolute Gasteiger partial charge is 0.465 e. The topological polar surface area (TPSA) is 65.2 Å². The molecule has 1 aromatic rings. The van der Waals surface area contributed by atoms with Gasteiger partial charge in [0.1, 0.15) is 5.41 Å². The maximum absolute atomic E-state index is 12.0. The molecule has 2 aliphatic rings. The Morgan fingerprint density at radius 3 is 2.60 bits per heavy atom. The third-order valence-electron chi connectivity index (χ3n) is 4.49. The van der Waals surface area contributed by atoms with Crippen molar-refractivity contribution >= 4 is 5.97 Å². The summed E-state index contributed by atoms with van der Waals surface area (Å²) < 4.78 is 10.5. The molecule has 0 atom stereocenters. The van der Waals surface area contributed by atoms with Gasteiger partial charge in [-0.1, -0.05) is 30.8 Å². The van der Waals surface area contributed by atoms with E-state index in [4.69, 9.17) is 9.26 Å². The van der Waals surface area contributed by atoms with Crippen molar-refractivity contribution in [1.29, 1.82) is 0 Å². The molecule has 0 bridgehead atoms. The third-order valence-corrected chi connectivity index (χ3v) is 4.49. The Morgan fingerprint density at radius 2 is 2.00 bits per heavy atom. The predicted octanol–water partition coefficient (Wildman–Crippen LogP) is 3.10. The van der Waals surface area contributed by atoms with E-state index < -0.39 is 5.41 Å². The van der Waals surface area contributed by atoms with Gasteiger partial charge in [-0.05, 0) is 32.6 Å². The van der Waals surface area contributed by atoms with Crippen molar-refractivity contribution in [3.05, 3.63) is 11.7 Å². The zero-order valence-corrected chi connectivity index (χ0v) is 12.1. The van der Waals surface area contributed by atoms with Crippen molar-refractivity contribution < 1.29 is 14.1 Å². The van der Waals surface area contributed by atoms with Crippen molar-refractivity contribution in [3.8, 4) is 0 Å². The minimum atomic E-state index is -0.633. The van der Waals surface area contributed by atoms with Gasteiger partial charge in [0.15, 0.2) is 5.82 Å². The molecular weight excluding hydrogens is 256 g/mol. The van der Waals surface area contributed by atoms with E-state index in [1.54, 1.807) is 0 Å². The molecule has 2 aliphatic carbocycles. The molecule has 1 aromatic heterocycles. The van der Waals surface area contributed by atoms with E-state index in [9.17, 15) is 4.79 Å². The summed E-state index contributed by atoms with van der Waals surface area (Å²) >= 11 is 0. The zero-order chi connectivity index (χ0) is 14.0. The molecule has 0 unspecified atom stereocenters. The Morgan fingerprint density at radius 1 is 1.30 bits per heavy atom. The highest BCUT2D eigenvalue weighted by atomic mass is 16.5. The zero-order valence-electron chi connectivity index (χ0n) is 12.1. The second kappa shape index (κ2) is 5.54. The van der Waals surface area contributed by atoms with Crippen molar-refractivity contribution in [2.45, 2.75) is 69.6 Å². The average Bonchev–Trinajstić information content (AvgIpc) is 3.19. The molecule has 0 aromatic carbocycles. The fourth-order valence-corrected chi connectivity index (χ4v) is 3.03. The van der Waals surface area contributed by atoms with Crippen LogP contribution < -0.4 is 0 Å². The van der Waals surface area contributed by atoms with Crippen LogP contribution in [0.2, 0.25) is 0 Å². The van der Waals surface area contributed by atoms with Gasteiger partial charge in [0, 0.05) is 5.92 Å². The van der Waals surface area contributed by atoms with Crippen LogP contribution in [0.25, 0.3) is 0 Å². The highest BCUT2D eigenvalue weighted by molar-refractivity contribution is 5.85. The smallest absolute Gasteiger partial charge is 0.321 e. The molecule has 20 heavy (non-hydrogen) atoms. The fourth-order valence-electron chi connectivity index (χ4n) is 3.03. The van der Waals surface area contributed by atoms with Crippen LogP contribution >= 0.6 is 0 Å². The third kappa shape index (κ3) is 2.45. The molecule has 110 valence electrons. The summed E-state index contributed by atoms with van der Waals surface area (Å²) in [6, 6.07) is 0. The van der Waals surface area contributed by atoms with Crippen molar-refractivity contribution in [3.63, 3.8) is 0 Å². The lowest BCUT2D eigenvalue weighted by Crippen LogP contribution is -2.23. The minimum Gasteiger partial charge on any atom is -0.465 e. The molecule has 3 rings (SSSR count). The predicted molar refractivity (Wildman–Crippen MR) is 72.3 cm³/mol. The molecule has 0 amide bonds. The number of carbonyl (C=O) groups excluding carboxylic acids is 1. The maximum Gasteiger partial charge on any atom is 0.321 e. The number of hydrogen-bond acceptors (Lipinski definition) is 5. The lowest BCUT2D eigenvalue weighted by molar-refractivity contribution is -0.146. The summed E-state index contributed by atoms with van der Waals surface area (Å²) in [6.07, 6.45) is 8.85. The Kier molecular flexibility index (Phi) is 3.76. The molecule has 2 fully saturated rings. The van der Waals surface area contributed by atoms with Gasteiger partial charge in [0.2, 0.25) is 5.89 Å². The first kappa shape index (κ1) is 13.6. The molecule has 0 saturated heterocycles. The minimum absolute atomic E-state index is 0.212. The van der Waals surface area contributed by atoms with Crippen molar-refractivity contribution in [2.75, 3.05) is 6.61 Å². The first-order valence-corrected chi connectivity index (χ1v) is 7.77. The Labute approximate surface area is 119 Å². The van der Waals surface area contributed by atoms with Crippen LogP contribution in [0.4, 0.5) is 0 Å². The van der Waals surface area contributed by atoms with Crippen LogP contribution in [0.1, 0.15) is 75.9 Å². The van der Waals surface area contributed by atoms with E-state index in [1.807, 2.05) is 6.92 Å². The molecule has 0 spiro atoms. The van der Waals surface area contributed by atoms with Crippen LogP contribution in [0.15, 0.2) is 4.52 Å². The normalized spacial score (nSPS) is 22.2. The highest BCUT2D eigenvalue weighted by Gasteiger charge is 2.57. The standard InChI is InChI=1S/C15H22N2O3/c1-2-19-14(18)15(9-10-15)13-16-12(17-20-13)11-7-5-3-4-6-8-11/h11H,2-10H2,1H3. The number of aromatic nitrogens is 2. The molecule has 0 radical (unpaired) electrons. The SMILES string of the molecule is CCOC(=O)C1(c2nc(C3CCCCCC3)no2)CC1. The van der Waals surface area contributed by atoms with Gasteiger partial charge in [0.25, 0.3) is 0 Å². The molecule has 0 N–H and O–H groups in total. The summed E-state index contributed by atoms with van der Waals surface area (Å²) in [5, 5.41) is 4.14. The summed E-state index contributed by atoms with van der Waals surface area (Å²) in [6.45, 7) is 2.21. The maximum atomic E-state index is 12.0. The lowest BCUT2D eigenvalue weighted by Gasteiger charge is -2.09. The summed E-state index contributed by atoms with van der Waals surface area (Å²) in [4.78, 5) is 16.6. The fraction of sp³-hybridized carbons (Fsp3) is 0.800. The number of ether oxygens (including phenoxy) is 1. The van der Waals surface area contributed by atoms with Crippen LogP contribution in [0, 0.1) is 0 Å². The Hall–Kier alpha value is -1.39. The summed E-state index contributed by atoms with van der Waals surface area (Å²) in [7, 11) is 0. The number of rotatable bonds is 4. The molecule has 5 heteroatoms. The molecule has 5 nitrogen and oxygen atoms in total. The van der Waals surface area contributed by atoms with Gasteiger partial charge in [-0.25, -0.2) is 0 Å². The highest BCUT2D eigenvalue weighted by Crippen LogP contribution is 2.48. The first-order chi connectivity index (χ1) is 9.76. The second-order valence-electron chi connectivity index (χ2n) is 5.95.